The molecule has 2 heterocycles. The molecule has 0 bridgehead atoms. The van der Waals surface area contributed by atoms with Gasteiger partial charge in [-0.3, -0.25) is 14.4 Å². The van der Waals surface area contributed by atoms with Gasteiger partial charge in [0.25, 0.3) is 11.5 Å². The Morgan fingerprint density at radius 2 is 1.81 bits per heavy atom. The standard InChI is InChI=1S/C32H33F3N6O6/c1-39(2)28(42)10-6-5-9-25(47-32(45)40(3)4)30(43)37-23-8-7-13-41(31(23)44)17-27-36-24-15-21(34)16-26(29(24)38-27)46-18-19-11-12-20(33)14-22(19)35/h6-8,10-16,25H,5,9,17-18H2,1-4H3,(H,36,38)(H,37,43)/b10-6+/t25-/m0/s1. The minimum Gasteiger partial charge on any atom is -0.486 e. The van der Waals surface area contributed by atoms with Crippen LogP contribution in [0, 0.1) is 17.5 Å². The molecule has 4 rings (SSSR count). The molecule has 0 unspecified atom stereocenters. The molecule has 47 heavy (non-hydrogen) atoms. The van der Waals surface area contributed by atoms with Gasteiger partial charge in [0.15, 0.2) is 11.9 Å². The van der Waals surface area contributed by atoms with Crippen LogP contribution in [0.4, 0.5) is 23.7 Å². The van der Waals surface area contributed by atoms with E-state index in [9.17, 15) is 32.3 Å². The van der Waals surface area contributed by atoms with Gasteiger partial charge in [0.05, 0.1) is 12.1 Å². The van der Waals surface area contributed by atoms with Crippen molar-refractivity contribution in [3.63, 3.8) is 0 Å². The lowest BCUT2D eigenvalue weighted by atomic mass is 10.1. The third-order valence-corrected chi connectivity index (χ3v) is 6.76. The molecule has 0 aliphatic rings. The van der Waals surface area contributed by atoms with Gasteiger partial charge in [-0.2, -0.15) is 0 Å². The highest BCUT2D eigenvalue weighted by Gasteiger charge is 2.24. The lowest BCUT2D eigenvalue weighted by Gasteiger charge is -2.19. The van der Waals surface area contributed by atoms with Crippen LogP contribution in [-0.4, -0.2) is 76.5 Å². The van der Waals surface area contributed by atoms with Crippen LogP contribution in [0.3, 0.4) is 0 Å². The fourth-order valence-electron chi connectivity index (χ4n) is 4.26. The lowest BCUT2D eigenvalue weighted by molar-refractivity contribution is -0.125. The first-order valence-electron chi connectivity index (χ1n) is 14.3. The number of anilines is 1. The van der Waals surface area contributed by atoms with Crippen molar-refractivity contribution in [2.45, 2.75) is 32.1 Å². The Kier molecular flexibility index (Phi) is 11.0. The molecule has 1 atom stereocenters. The van der Waals surface area contributed by atoms with Crippen molar-refractivity contribution in [3.8, 4) is 5.75 Å². The number of imidazole rings is 1. The van der Waals surface area contributed by atoms with Gasteiger partial charge in [-0.25, -0.2) is 22.9 Å². The summed E-state index contributed by atoms with van der Waals surface area (Å²) in [6.45, 7) is -0.433. The number of carbonyl (C=O) groups excluding carboxylic acids is 3. The number of rotatable bonds is 12. The van der Waals surface area contributed by atoms with Crippen molar-refractivity contribution in [1.82, 2.24) is 24.3 Å². The first-order chi connectivity index (χ1) is 22.3. The number of likely N-dealkylation sites (N-methyl/N-ethyl adjacent to an activating group) is 1. The number of ether oxygens (including phenoxy) is 2. The molecule has 0 aliphatic carbocycles. The zero-order valence-corrected chi connectivity index (χ0v) is 26.1. The molecule has 12 nitrogen and oxygen atoms in total. The number of H-pyrrole nitrogens is 1. The van der Waals surface area contributed by atoms with Crippen LogP contribution >= 0.6 is 0 Å². The van der Waals surface area contributed by atoms with Gasteiger partial charge < -0.3 is 34.1 Å². The average Bonchev–Trinajstić information content (AvgIpc) is 3.41. The van der Waals surface area contributed by atoms with Gasteiger partial charge in [0.1, 0.15) is 41.1 Å². The zero-order valence-electron chi connectivity index (χ0n) is 26.1. The highest BCUT2D eigenvalue weighted by atomic mass is 19.1. The number of nitrogens with one attached hydrogen (secondary N) is 2. The second-order valence-electron chi connectivity index (χ2n) is 10.8. The number of aromatic amines is 1. The van der Waals surface area contributed by atoms with E-state index in [1.165, 1.54) is 60.1 Å². The molecule has 0 saturated heterocycles. The summed E-state index contributed by atoms with van der Waals surface area (Å²) >= 11 is 0. The van der Waals surface area contributed by atoms with Gasteiger partial charge >= 0.3 is 6.09 Å². The molecular weight excluding hydrogens is 621 g/mol. The number of nitrogens with zero attached hydrogens (tertiary/aromatic N) is 4. The highest BCUT2D eigenvalue weighted by Crippen LogP contribution is 2.27. The molecule has 15 heteroatoms. The number of benzene rings is 2. The monoisotopic (exact) mass is 654 g/mol. The quantitative estimate of drug-likeness (QED) is 0.219. The third-order valence-electron chi connectivity index (χ3n) is 6.76. The molecule has 0 radical (unpaired) electrons. The van der Waals surface area contributed by atoms with E-state index < -0.39 is 41.1 Å². The number of carbonyl (C=O) groups is 3. The first-order valence-corrected chi connectivity index (χ1v) is 14.3. The smallest absolute Gasteiger partial charge is 0.410 e. The van der Waals surface area contributed by atoms with E-state index in [1.807, 2.05) is 0 Å². The Morgan fingerprint density at radius 1 is 1.04 bits per heavy atom. The molecule has 2 N–H and O–H groups in total. The van der Waals surface area contributed by atoms with Gasteiger partial charge in [-0.05, 0) is 49.2 Å². The topological polar surface area (TPSA) is 139 Å². The average molecular weight is 655 g/mol. The highest BCUT2D eigenvalue weighted by molar-refractivity contribution is 5.95. The third kappa shape index (κ3) is 8.99. The SMILES string of the molecule is CN(C)C(=O)/C=C/CC[C@H](OC(=O)N(C)C)C(=O)Nc1cccn(Cc2nc3c(OCc4ccc(F)cc4F)cc(F)cc3[nH]2)c1=O. The van der Waals surface area contributed by atoms with E-state index >= 15 is 0 Å². The summed E-state index contributed by atoms with van der Waals surface area (Å²) in [5.74, 6) is -2.98. The maximum atomic E-state index is 14.4. The number of hydrogen-bond donors (Lipinski definition) is 2. The Balaban J connectivity index is 1.50. The molecule has 0 spiro atoms. The molecule has 0 fully saturated rings. The number of amides is 3. The molecule has 4 aromatic rings. The summed E-state index contributed by atoms with van der Waals surface area (Å²) in [6.07, 6.45) is 2.58. The Morgan fingerprint density at radius 3 is 2.51 bits per heavy atom. The Hall–Kier alpha value is -5.60. The van der Waals surface area contributed by atoms with Gasteiger partial charge in [0.2, 0.25) is 5.91 Å². The van der Waals surface area contributed by atoms with Crippen molar-refractivity contribution < 1.29 is 37.0 Å². The fraction of sp³-hybridized carbons (Fsp3) is 0.281. The van der Waals surface area contributed by atoms with Gasteiger partial charge in [-0.15, -0.1) is 0 Å². The van der Waals surface area contributed by atoms with Crippen molar-refractivity contribution in [3.05, 3.63) is 100 Å². The van der Waals surface area contributed by atoms with Crippen LogP contribution in [0.1, 0.15) is 24.2 Å². The summed E-state index contributed by atoms with van der Waals surface area (Å²) in [5.41, 5.74) is -0.189. The normalized spacial score (nSPS) is 11.8. The molecule has 248 valence electrons. The van der Waals surface area contributed by atoms with Crippen molar-refractivity contribution in [2.75, 3.05) is 33.5 Å². The van der Waals surface area contributed by atoms with Gasteiger partial charge in [-0.1, -0.05) is 6.08 Å². The van der Waals surface area contributed by atoms with Crippen LogP contribution in [-0.2, 0) is 27.5 Å². The van der Waals surface area contributed by atoms with Crippen molar-refractivity contribution in [2.24, 2.45) is 0 Å². The minimum absolute atomic E-state index is 0.00109. The van der Waals surface area contributed by atoms with E-state index in [4.69, 9.17) is 9.47 Å². The summed E-state index contributed by atoms with van der Waals surface area (Å²) in [6, 6.07) is 8.16. The largest absolute Gasteiger partial charge is 0.486 e. The van der Waals surface area contributed by atoms with Crippen molar-refractivity contribution >= 4 is 34.6 Å². The van der Waals surface area contributed by atoms with E-state index in [-0.39, 0.29) is 65.8 Å². The van der Waals surface area contributed by atoms with Crippen LogP contribution < -0.4 is 15.6 Å². The van der Waals surface area contributed by atoms with E-state index in [0.717, 1.165) is 17.0 Å². The second-order valence-corrected chi connectivity index (χ2v) is 10.8. The zero-order chi connectivity index (χ0) is 34.2. The molecule has 0 saturated carbocycles. The molecule has 2 aromatic heterocycles. The Bertz CT molecular complexity index is 1870. The number of aromatic nitrogens is 3. The molecular formula is C32H33F3N6O6. The summed E-state index contributed by atoms with van der Waals surface area (Å²) in [4.78, 5) is 60.4. The number of allylic oxidation sites excluding steroid dienone is 1. The maximum absolute atomic E-state index is 14.4. The number of pyridine rings is 1. The van der Waals surface area contributed by atoms with E-state index in [1.54, 1.807) is 20.2 Å². The summed E-state index contributed by atoms with van der Waals surface area (Å²) in [5, 5.41) is 2.51. The van der Waals surface area contributed by atoms with Crippen LogP contribution in [0.2, 0.25) is 0 Å². The minimum atomic E-state index is -1.27. The maximum Gasteiger partial charge on any atom is 0.410 e. The number of halogens is 3. The van der Waals surface area contributed by atoms with E-state index in [0.29, 0.717) is 6.07 Å². The lowest BCUT2D eigenvalue weighted by Crippen LogP contribution is -2.37. The van der Waals surface area contributed by atoms with Crippen LogP contribution in [0.25, 0.3) is 11.0 Å². The Labute approximate surface area is 267 Å². The molecule has 0 aliphatic heterocycles. The molecule has 2 aromatic carbocycles. The van der Waals surface area contributed by atoms with E-state index in [2.05, 4.69) is 15.3 Å². The van der Waals surface area contributed by atoms with Crippen LogP contribution in [0.5, 0.6) is 5.75 Å². The fourth-order valence-corrected chi connectivity index (χ4v) is 4.26. The summed E-state index contributed by atoms with van der Waals surface area (Å²) in [7, 11) is 6.09. The second kappa shape index (κ2) is 15.1. The molecule has 3 amide bonds. The van der Waals surface area contributed by atoms with Crippen molar-refractivity contribution in [1.29, 1.82) is 0 Å². The summed E-state index contributed by atoms with van der Waals surface area (Å²) < 4.78 is 53.9. The predicted octanol–water partition coefficient (Wildman–Crippen LogP) is 4.20. The number of fused-ring (bicyclic) bond motifs is 1. The first kappa shape index (κ1) is 34.3. The number of hydrogen-bond acceptors (Lipinski definition) is 7. The van der Waals surface area contributed by atoms with Crippen LogP contribution in [0.15, 0.2) is 65.6 Å². The predicted molar refractivity (Wildman–Crippen MR) is 166 cm³/mol. The van der Waals surface area contributed by atoms with Gasteiger partial charge in [0, 0.05) is 52.1 Å².